The van der Waals surface area contributed by atoms with Gasteiger partial charge in [-0.25, -0.2) is 4.39 Å². The van der Waals surface area contributed by atoms with Crippen molar-refractivity contribution in [1.82, 2.24) is 15.5 Å². The van der Waals surface area contributed by atoms with Gasteiger partial charge in [0.05, 0.1) is 6.54 Å². The van der Waals surface area contributed by atoms with Crippen molar-refractivity contribution in [2.45, 2.75) is 32.9 Å². The molecule has 0 saturated carbocycles. The molecule has 4 nitrogen and oxygen atoms in total. The Hall–Kier alpha value is -1.83. The number of hydrogen-bond donors (Lipinski definition) is 2. The van der Waals surface area contributed by atoms with Gasteiger partial charge in [0.2, 0.25) is 0 Å². The molecule has 0 radical (unpaired) electrons. The molecule has 0 aromatic heterocycles. The van der Waals surface area contributed by atoms with Gasteiger partial charge in [-0.15, -0.1) is 0 Å². The number of hydrogen-bond acceptors (Lipinski definition) is 2. The number of halogens is 4. The number of nitrogens with one attached hydrogen (secondary N) is 2. The minimum absolute atomic E-state index is 0.141. The van der Waals surface area contributed by atoms with E-state index < -0.39 is 12.7 Å². The lowest BCUT2D eigenvalue weighted by molar-refractivity contribution is -0.143. The summed E-state index contributed by atoms with van der Waals surface area (Å²) in [5.41, 5.74) is 1.98. The van der Waals surface area contributed by atoms with Crippen LogP contribution in [0, 0.1) is 18.7 Å². The standard InChI is InChI=1S/C19H28F4N4/c1-3-24-18(25-8-6-16-4-5-17(20)10-14(16)2)26-11-15-7-9-27(12-15)13-19(21,22)23/h4-5,10,15H,3,6-9,11-13H2,1-2H3,(H2,24,25,26). The van der Waals surface area contributed by atoms with Crippen molar-refractivity contribution in [1.29, 1.82) is 0 Å². The van der Waals surface area contributed by atoms with Crippen LogP contribution >= 0.6 is 0 Å². The van der Waals surface area contributed by atoms with E-state index in [0.29, 0.717) is 38.7 Å². The summed E-state index contributed by atoms with van der Waals surface area (Å²) in [6, 6.07) is 4.75. The van der Waals surface area contributed by atoms with E-state index >= 15 is 0 Å². The van der Waals surface area contributed by atoms with Gasteiger partial charge in [0.15, 0.2) is 5.96 Å². The molecule has 1 fully saturated rings. The highest BCUT2D eigenvalue weighted by atomic mass is 19.4. The molecule has 2 rings (SSSR count). The minimum Gasteiger partial charge on any atom is -0.357 e. The molecule has 1 saturated heterocycles. The molecule has 0 aliphatic carbocycles. The molecule has 0 amide bonds. The highest BCUT2D eigenvalue weighted by Crippen LogP contribution is 2.22. The highest BCUT2D eigenvalue weighted by Gasteiger charge is 2.34. The second kappa shape index (κ2) is 9.92. The highest BCUT2D eigenvalue weighted by molar-refractivity contribution is 5.79. The second-order valence-corrected chi connectivity index (χ2v) is 6.97. The molecule has 0 bridgehead atoms. The second-order valence-electron chi connectivity index (χ2n) is 6.97. The molecule has 2 N–H and O–H groups in total. The van der Waals surface area contributed by atoms with Crippen molar-refractivity contribution in [2.75, 3.05) is 39.3 Å². The molecule has 1 heterocycles. The van der Waals surface area contributed by atoms with Gasteiger partial charge in [-0.1, -0.05) is 6.07 Å². The zero-order valence-electron chi connectivity index (χ0n) is 15.9. The number of aliphatic imine (C=N–C) groups is 1. The van der Waals surface area contributed by atoms with Crippen molar-refractivity contribution >= 4 is 5.96 Å². The van der Waals surface area contributed by atoms with Gasteiger partial charge in [-0.05, 0) is 62.4 Å². The van der Waals surface area contributed by atoms with Crippen LogP contribution in [-0.4, -0.2) is 56.3 Å². The van der Waals surface area contributed by atoms with E-state index in [4.69, 9.17) is 0 Å². The monoisotopic (exact) mass is 388 g/mol. The molecule has 1 aliphatic rings. The Morgan fingerprint density at radius 3 is 2.74 bits per heavy atom. The number of aryl methyl sites for hydroxylation is 1. The van der Waals surface area contributed by atoms with Crippen LogP contribution in [0.1, 0.15) is 24.5 Å². The van der Waals surface area contributed by atoms with Gasteiger partial charge < -0.3 is 10.6 Å². The summed E-state index contributed by atoms with van der Waals surface area (Å²) in [5, 5.41) is 6.39. The molecule has 1 atom stereocenters. The fourth-order valence-corrected chi connectivity index (χ4v) is 3.28. The third kappa shape index (κ3) is 7.74. The normalized spacial score (nSPS) is 18.7. The zero-order valence-corrected chi connectivity index (χ0v) is 15.9. The van der Waals surface area contributed by atoms with Crippen LogP contribution in [0.5, 0.6) is 0 Å². The summed E-state index contributed by atoms with van der Waals surface area (Å²) in [4.78, 5) is 5.96. The predicted molar refractivity (Wildman–Crippen MR) is 99.4 cm³/mol. The van der Waals surface area contributed by atoms with E-state index in [2.05, 4.69) is 15.6 Å². The van der Waals surface area contributed by atoms with Gasteiger partial charge in [0.25, 0.3) is 0 Å². The number of benzene rings is 1. The van der Waals surface area contributed by atoms with E-state index in [-0.39, 0.29) is 11.7 Å². The first kappa shape index (κ1) is 21.5. The van der Waals surface area contributed by atoms with E-state index in [1.54, 1.807) is 6.07 Å². The average molecular weight is 388 g/mol. The zero-order chi connectivity index (χ0) is 19.9. The molecular weight excluding hydrogens is 360 g/mol. The third-order valence-electron chi connectivity index (χ3n) is 4.62. The number of likely N-dealkylation sites (tertiary alicyclic amines) is 1. The van der Waals surface area contributed by atoms with E-state index in [0.717, 1.165) is 24.0 Å². The first-order chi connectivity index (χ1) is 12.8. The molecule has 1 aliphatic heterocycles. The van der Waals surface area contributed by atoms with Crippen LogP contribution in [0.2, 0.25) is 0 Å². The first-order valence-electron chi connectivity index (χ1n) is 9.33. The van der Waals surface area contributed by atoms with Crippen LogP contribution in [0.4, 0.5) is 17.6 Å². The summed E-state index contributed by atoms with van der Waals surface area (Å²) < 4.78 is 50.6. The Morgan fingerprint density at radius 2 is 2.07 bits per heavy atom. The maximum Gasteiger partial charge on any atom is 0.401 e. The fourth-order valence-electron chi connectivity index (χ4n) is 3.28. The molecule has 8 heteroatoms. The summed E-state index contributed by atoms with van der Waals surface area (Å²) in [6.07, 6.45) is -2.68. The van der Waals surface area contributed by atoms with Gasteiger partial charge in [-0.3, -0.25) is 9.89 Å². The Kier molecular flexibility index (Phi) is 7.89. The Bertz CT molecular complexity index is 631. The van der Waals surface area contributed by atoms with Crippen LogP contribution in [0.25, 0.3) is 0 Å². The lowest BCUT2D eigenvalue weighted by atomic mass is 10.1. The first-order valence-corrected chi connectivity index (χ1v) is 9.33. The van der Waals surface area contributed by atoms with Gasteiger partial charge in [-0.2, -0.15) is 13.2 Å². The van der Waals surface area contributed by atoms with Crippen LogP contribution in [-0.2, 0) is 6.42 Å². The van der Waals surface area contributed by atoms with Crippen molar-refractivity contribution in [3.8, 4) is 0 Å². The van der Waals surface area contributed by atoms with Crippen molar-refractivity contribution < 1.29 is 17.6 Å². The number of alkyl halides is 3. The molecule has 27 heavy (non-hydrogen) atoms. The van der Waals surface area contributed by atoms with Gasteiger partial charge in [0, 0.05) is 26.2 Å². The van der Waals surface area contributed by atoms with E-state index in [9.17, 15) is 17.6 Å². The molecule has 1 unspecified atom stereocenters. The molecule has 1 aromatic rings. The lowest BCUT2D eigenvalue weighted by Gasteiger charge is -2.17. The summed E-state index contributed by atoms with van der Waals surface area (Å²) in [5.74, 6) is 0.559. The van der Waals surface area contributed by atoms with Gasteiger partial charge >= 0.3 is 6.18 Å². The molecular formula is C19H28F4N4. The number of rotatable bonds is 7. The minimum atomic E-state index is -4.15. The molecule has 1 aromatic carbocycles. The van der Waals surface area contributed by atoms with E-state index in [1.807, 2.05) is 13.8 Å². The maximum absolute atomic E-state index is 13.2. The lowest BCUT2D eigenvalue weighted by Crippen LogP contribution is -2.39. The topological polar surface area (TPSA) is 39.7 Å². The van der Waals surface area contributed by atoms with Crippen LogP contribution in [0.3, 0.4) is 0 Å². The molecule has 152 valence electrons. The SMILES string of the molecule is CCNC(=NCC1CCN(CC(F)(F)F)C1)NCCc1ccc(F)cc1C. The van der Waals surface area contributed by atoms with Crippen molar-refractivity contribution in [3.05, 3.63) is 35.1 Å². The summed E-state index contributed by atoms with van der Waals surface area (Å²) in [7, 11) is 0. The van der Waals surface area contributed by atoms with Crippen molar-refractivity contribution in [3.63, 3.8) is 0 Å². The van der Waals surface area contributed by atoms with Gasteiger partial charge in [0.1, 0.15) is 5.82 Å². The van der Waals surface area contributed by atoms with Crippen molar-refractivity contribution in [2.24, 2.45) is 10.9 Å². The Labute approximate surface area is 158 Å². The predicted octanol–water partition coefficient (Wildman–Crippen LogP) is 3.12. The maximum atomic E-state index is 13.2. The van der Waals surface area contributed by atoms with Crippen LogP contribution < -0.4 is 10.6 Å². The summed E-state index contributed by atoms with van der Waals surface area (Å²) in [6.45, 7) is 5.73. The smallest absolute Gasteiger partial charge is 0.357 e. The molecule has 0 spiro atoms. The Balaban J connectivity index is 1.80. The van der Waals surface area contributed by atoms with Crippen LogP contribution in [0.15, 0.2) is 23.2 Å². The largest absolute Gasteiger partial charge is 0.401 e. The van der Waals surface area contributed by atoms with E-state index in [1.165, 1.54) is 17.0 Å². The third-order valence-corrected chi connectivity index (χ3v) is 4.62. The fraction of sp³-hybridized carbons (Fsp3) is 0.632. The number of nitrogens with zero attached hydrogens (tertiary/aromatic N) is 2. The Morgan fingerprint density at radius 1 is 1.30 bits per heavy atom. The average Bonchev–Trinajstić information content (AvgIpc) is 3.00. The summed E-state index contributed by atoms with van der Waals surface area (Å²) >= 11 is 0. The quantitative estimate of drug-likeness (QED) is 0.428. The number of guanidine groups is 1.